The summed E-state index contributed by atoms with van der Waals surface area (Å²) < 4.78 is 5.00. The quantitative estimate of drug-likeness (QED) is 0.648. The fourth-order valence-electron chi connectivity index (χ4n) is 2.54. The second kappa shape index (κ2) is 10.1. The van der Waals surface area contributed by atoms with E-state index in [1.54, 1.807) is 0 Å². The zero-order chi connectivity index (χ0) is 20.5. The summed E-state index contributed by atoms with van der Waals surface area (Å²) in [6, 6.07) is 13.7. The number of alkyl carbamates (subject to hydrolysis) is 1. The van der Waals surface area contributed by atoms with E-state index in [0.29, 0.717) is 0 Å². The molecular formula is C21H24N2O5. The molecule has 0 saturated carbocycles. The van der Waals surface area contributed by atoms with Crippen LogP contribution < -0.4 is 10.6 Å². The molecule has 0 aliphatic carbocycles. The van der Waals surface area contributed by atoms with Crippen LogP contribution in [0.4, 0.5) is 4.79 Å². The topological polar surface area (TPSA) is 105 Å². The zero-order valence-electron chi connectivity index (χ0n) is 15.9. The highest BCUT2D eigenvalue weighted by Crippen LogP contribution is 2.11. The SMILES string of the molecule is Cc1ccc(C[C@@H](NC(=O)CNC(=O)OCc2ccccc2)C(=O)O)cc1C. The standard InChI is InChI=1S/C21H24N2O5/c1-14-8-9-17(10-15(14)2)11-18(20(25)26)23-19(24)12-22-21(27)28-13-16-6-4-3-5-7-16/h3-10,18H,11-13H2,1-2H3,(H,22,27)(H,23,24)(H,25,26)/t18-/m1/s1. The molecule has 1 atom stereocenters. The Labute approximate surface area is 163 Å². The number of rotatable bonds is 8. The second-order valence-corrected chi connectivity index (χ2v) is 6.50. The minimum Gasteiger partial charge on any atom is -0.480 e. The summed E-state index contributed by atoms with van der Waals surface area (Å²) in [5.41, 5.74) is 3.79. The third-order valence-corrected chi connectivity index (χ3v) is 4.25. The van der Waals surface area contributed by atoms with E-state index in [4.69, 9.17) is 4.74 Å². The van der Waals surface area contributed by atoms with Gasteiger partial charge in [-0.1, -0.05) is 48.5 Å². The third kappa shape index (κ3) is 6.75. The van der Waals surface area contributed by atoms with Crippen molar-refractivity contribution in [3.63, 3.8) is 0 Å². The summed E-state index contributed by atoms with van der Waals surface area (Å²) in [5.74, 6) is -1.74. The third-order valence-electron chi connectivity index (χ3n) is 4.25. The fourth-order valence-corrected chi connectivity index (χ4v) is 2.54. The van der Waals surface area contributed by atoms with E-state index in [9.17, 15) is 19.5 Å². The molecule has 2 aromatic carbocycles. The van der Waals surface area contributed by atoms with Crippen LogP contribution in [-0.2, 0) is 27.4 Å². The summed E-state index contributed by atoms with van der Waals surface area (Å²) in [4.78, 5) is 35.1. The molecule has 2 aromatic rings. The highest BCUT2D eigenvalue weighted by molar-refractivity contribution is 5.86. The first-order valence-corrected chi connectivity index (χ1v) is 8.88. The maximum atomic E-state index is 12.0. The first-order valence-electron chi connectivity index (χ1n) is 8.88. The van der Waals surface area contributed by atoms with Crippen molar-refractivity contribution in [3.05, 3.63) is 70.8 Å². The lowest BCUT2D eigenvalue weighted by atomic mass is 10.0. The van der Waals surface area contributed by atoms with Gasteiger partial charge in [0.2, 0.25) is 5.91 Å². The largest absolute Gasteiger partial charge is 0.480 e. The zero-order valence-corrected chi connectivity index (χ0v) is 15.9. The van der Waals surface area contributed by atoms with Crippen molar-refractivity contribution in [1.29, 1.82) is 0 Å². The molecule has 0 aromatic heterocycles. The number of ether oxygens (including phenoxy) is 1. The van der Waals surface area contributed by atoms with Crippen LogP contribution >= 0.6 is 0 Å². The normalized spacial score (nSPS) is 11.4. The van der Waals surface area contributed by atoms with Gasteiger partial charge in [0.15, 0.2) is 0 Å². The van der Waals surface area contributed by atoms with Crippen LogP contribution in [0.2, 0.25) is 0 Å². The number of carboxylic acid groups (broad SMARTS) is 1. The average Bonchev–Trinajstić information content (AvgIpc) is 2.67. The Morgan fingerprint density at radius 1 is 1.00 bits per heavy atom. The molecule has 7 nitrogen and oxygen atoms in total. The van der Waals surface area contributed by atoms with Gasteiger partial charge in [-0.3, -0.25) is 4.79 Å². The predicted octanol–water partition coefficient (Wildman–Crippen LogP) is 2.34. The first-order chi connectivity index (χ1) is 13.3. The molecule has 0 heterocycles. The second-order valence-electron chi connectivity index (χ2n) is 6.50. The Balaban J connectivity index is 1.80. The molecule has 3 N–H and O–H groups in total. The van der Waals surface area contributed by atoms with Crippen molar-refractivity contribution in [3.8, 4) is 0 Å². The van der Waals surface area contributed by atoms with Crippen molar-refractivity contribution in [1.82, 2.24) is 10.6 Å². The number of hydrogen-bond donors (Lipinski definition) is 3. The van der Waals surface area contributed by atoms with Gasteiger partial charge in [0.25, 0.3) is 0 Å². The van der Waals surface area contributed by atoms with Gasteiger partial charge in [-0.25, -0.2) is 9.59 Å². The Kier molecular flexibility index (Phi) is 7.56. The fraction of sp³-hybridized carbons (Fsp3) is 0.286. The molecular weight excluding hydrogens is 360 g/mol. The summed E-state index contributed by atoms with van der Waals surface area (Å²) in [6.45, 7) is 3.62. The average molecular weight is 384 g/mol. The number of hydrogen-bond acceptors (Lipinski definition) is 4. The van der Waals surface area contributed by atoms with Gasteiger partial charge in [0, 0.05) is 6.42 Å². The van der Waals surface area contributed by atoms with Gasteiger partial charge in [0.05, 0.1) is 0 Å². The van der Waals surface area contributed by atoms with Gasteiger partial charge >= 0.3 is 12.1 Å². The van der Waals surface area contributed by atoms with Gasteiger partial charge in [-0.15, -0.1) is 0 Å². The maximum Gasteiger partial charge on any atom is 0.407 e. The number of benzene rings is 2. The Bertz CT molecular complexity index is 836. The maximum absolute atomic E-state index is 12.0. The lowest BCUT2D eigenvalue weighted by molar-refractivity contribution is -0.141. The summed E-state index contributed by atoms with van der Waals surface area (Å²) >= 11 is 0. The van der Waals surface area contributed by atoms with E-state index in [1.807, 2.05) is 62.4 Å². The monoisotopic (exact) mass is 384 g/mol. The van der Waals surface area contributed by atoms with Crippen molar-refractivity contribution >= 4 is 18.0 Å². The van der Waals surface area contributed by atoms with Gasteiger partial charge in [-0.2, -0.15) is 0 Å². The number of carbonyl (C=O) groups is 3. The van der Waals surface area contributed by atoms with E-state index in [0.717, 1.165) is 22.3 Å². The molecule has 7 heteroatoms. The number of nitrogens with one attached hydrogen (secondary N) is 2. The van der Waals surface area contributed by atoms with Gasteiger partial charge in [-0.05, 0) is 36.1 Å². The molecule has 2 amide bonds. The molecule has 0 spiro atoms. The van der Waals surface area contributed by atoms with Crippen LogP contribution in [0, 0.1) is 13.8 Å². The number of aliphatic carboxylic acids is 1. The van der Waals surface area contributed by atoms with Crippen molar-refractivity contribution in [2.75, 3.05) is 6.54 Å². The number of aryl methyl sites for hydroxylation is 2. The highest BCUT2D eigenvalue weighted by Gasteiger charge is 2.21. The van der Waals surface area contributed by atoms with E-state index < -0.39 is 24.0 Å². The van der Waals surface area contributed by atoms with Gasteiger partial charge in [0.1, 0.15) is 19.2 Å². The molecule has 0 aliphatic heterocycles. The van der Waals surface area contributed by atoms with Crippen molar-refractivity contribution in [2.24, 2.45) is 0 Å². The van der Waals surface area contributed by atoms with E-state index in [-0.39, 0.29) is 19.6 Å². The minimum atomic E-state index is -1.14. The molecule has 2 rings (SSSR count). The van der Waals surface area contributed by atoms with E-state index in [2.05, 4.69) is 10.6 Å². The molecule has 0 unspecified atom stereocenters. The van der Waals surface area contributed by atoms with E-state index in [1.165, 1.54) is 0 Å². The van der Waals surface area contributed by atoms with Crippen molar-refractivity contribution < 1.29 is 24.2 Å². The van der Waals surface area contributed by atoms with Gasteiger partial charge < -0.3 is 20.5 Å². The van der Waals surface area contributed by atoms with Crippen LogP contribution in [0.5, 0.6) is 0 Å². The summed E-state index contributed by atoms with van der Waals surface area (Å²) in [5, 5.41) is 14.1. The summed E-state index contributed by atoms with van der Waals surface area (Å²) in [6.07, 6.45) is -0.597. The molecule has 0 bridgehead atoms. The van der Waals surface area contributed by atoms with Crippen LogP contribution in [0.15, 0.2) is 48.5 Å². The molecule has 148 valence electrons. The molecule has 0 saturated heterocycles. The molecule has 28 heavy (non-hydrogen) atoms. The Hall–Kier alpha value is -3.35. The van der Waals surface area contributed by atoms with Crippen LogP contribution in [0.1, 0.15) is 22.3 Å². The number of amides is 2. The van der Waals surface area contributed by atoms with Crippen LogP contribution in [0.3, 0.4) is 0 Å². The first kappa shape index (κ1) is 21.0. The molecule has 0 aliphatic rings. The smallest absolute Gasteiger partial charge is 0.407 e. The van der Waals surface area contributed by atoms with Crippen LogP contribution in [0.25, 0.3) is 0 Å². The lowest BCUT2D eigenvalue weighted by Gasteiger charge is -2.15. The minimum absolute atomic E-state index is 0.0822. The molecule has 0 radical (unpaired) electrons. The Morgan fingerprint density at radius 3 is 2.36 bits per heavy atom. The number of carboxylic acids is 1. The summed E-state index contributed by atoms with van der Waals surface area (Å²) in [7, 11) is 0. The van der Waals surface area contributed by atoms with Crippen molar-refractivity contribution in [2.45, 2.75) is 32.9 Å². The van der Waals surface area contributed by atoms with E-state index >= 15 is 0 Å². The highest BCUT2D eigenvalue weighted by atomic mass is 16.5. The number of carbonyl (C=O) groups excluding carboxylic acids is 2. The predicted molar refractivity (Wildman–Crippen MR) is 104 cm³/mol. The molecule has 0 fully saturated rings. The van der Waals surface area contributed by atoms with Crippen LogP contribution in [-0.4, -0.2) is 35.7 Å². The lowest BCUT2D eigenvalue weighted by Crippen LogP contribution is -2.46. The Morgan fingerprint density at radius 2 is 1.71 bits per heavy atom.